The van der Waals surface area contributed by atoms with E-state index in [2.05, 4.69) is 4.90 Å². The molecule has 0 atom stereocenters. The van der Waals surface area contributed by atoms with Gasteiger partial charge in [-0.2, -0.15) is 0 Å². The lowest BCUT2D eigenvalue weighted by Crippen LogP contribution is -2.24. The van der Waals surface area contributed by atoms with E-state index in [1.807, 2.05) is 40.0 Å². The van der Waals surface area contributed by atoms with Gasteiger partial charge < -0.3 is 4.90 Å². The summed E-state index contributed by atoms with van der Waals surface area (Å²) in [6.07, 6.45) is 10.2. The molecule has 0 aromatic heterocycles. The standard InChI is InChI=1S/C19H31NO2/c1-15(2)13-18(21)17(19(22)14-16(3)4)9-8-12-20-10-6-5-7-11-20/h8-9,12,15-16H,5-7,10-11,13-14H2,1-4H3/b12-8+. The van der Waals surface area contributed by atoms with Crippen LogP contribution in [0.15, 0.2) is 23.9 Å². The number of piperidine rings is 1. The number of rotatable bonds is 8. The summed E-state index contributed by atoms with van der Waals surface area (Å²) in [5.74, 6) is 0.496. The molecular formula is C19H31NO2. The average Bonchev–Trinajstić information content (AvgIpc) is 2.42. The Hall–Kier alpha value is -1.38. The van der Waals surface area contributed by atoms with Crippen LogP contribution in [0.5, 0.6) is 0 Å². The molecule has 0 saturated carbocycles. The summed E-state index contributed by atoms with van der Waals surface area (Å²) >= 11 is 0. The molecule has 0 aromatic rings. The van der Waals surface area contributed by atoms with Crippen molar-refractivity contribution < 1.29 is 9.59 Å². The molecule has 1 rings (SSSR count). The molecule has 0 unspecified atom stereocenters. The summed E-state index contributed by atoms with van der Waals surface area (Å²) in [5, 5.41) is 0. The van der Waals surface area contributed by atoms with E-state index in [0.717, 1.165) is 13.1 Å². The smallest absolute Gasteiger partial charge is 0.166 e. The summed E-state index contributed by atoms with van der Waals surface area (Å²) in [4.78, 5) is 26.9. The zero-order valence-electron chi connectivity index (χ0n) is 14.6. The number of likely N-dealkylation sites (tertiary alicyclic amines) is 1. The van der Waals surface area contributed by atoms with Crippen molar-refractivity contribution in [3.8, 4) is 0 Å². The average molecular weight is 305 g/mol. The summed E-state index contributed by atoms with van der Waals surface area (Å²) in [6, 6.07) is 0. The van der Waals surface area contributed by atoms with E-state index in [4.69, 9.17) is 0 Å². The molecule has 3 heteroatoms. The van der Waals surface area contributed by atoms with E-state index < -0.39 is 0 Å². The minimum atomic E-state index is -0.0241. The Morgan fingerprint density at radius 2 is 1.41 bits per heavy atom. The van der Waals surface area contributed by atoms with Crippen LogP contribution < -0.4 is 0 Å². The fourth-order valence-corrected chi connectivity index (χ4v) is 2.63. The molecule has 0 bridgehead atoms. The maximum Gasteiger partial charge on any atom is 0.166 e. The minimum Gasteiger partial charge on any atom is -0.377 e. The third-order valence-electron chi connectivity index (χ3n) is 3.74. The van der Waals surface area contributed by atoms with Gasteiger partial charge in [0.05, 0.1) is 5.57 Å². The second-order valence-corrected chi connectivity index (χ2v) is 7.06. The van der Waals surface area contributed by atoms with Crippen LogP contribution in [0.25, 0.3) is 0 Å². The van der Waals surface area contributed by atoms with Crippen LogP contribution in [0.3, 0.4) is 0 Å². The second-order valence-electron chi connectivity index (χ2n) is 7.06. The monoisotopic (exact) mass is 305 g/mol. The van der Waals surface area contributed by atoms with Gasteiger partial charge in [-0.1, -0.05) is 27.7 Å². The van der Waals surface area contributed by atoms with Gasteiger partial charge in [-0.15, -0.1) is 0 Å². The van der Waals surface area contributed by atoms with Crippen LogP contribution >= 0.6 is 0 Å². The molecule has 22 heavy (non-hydrogen) atoms. The number of carbonyl (C=O) groups excluding carboxylic acids is 2. The van der Waals surface area contributed by atoms with Gasteiger partial charge >= 0.3 is 0 Å². The van der Waals surface area contributed by atoms with Crippen LogP contribution in [-0.2, 0) is 9.59 Å². The Morgan fingerprint density at radius 3 is 1.86 bits per heavy atom. The van der Waals surface area contributed by atoms with Gasteiger partial charge in [0.25, 0.3) is 0 Å². The van der Waals surface area contributed by atoms with E-state index in [1.165, 1.54) is 19.3 Å². The summed E-state index contributed by atoms with van der Waals surface area (Å²) in [6.45, 7) is 10.2. The van der Waals surface area contributed by atoms with Crippen molar-refractivity contribution in [2.75, 3.05) is 13.1 Å². The highest BCUT2D eigenvalue weighted by atomic mass is 16.1. The lowest BCUT2D eigenvalue weighted by molar-refractivity contribution is -0.122. The maximum absolute atomic E-state index is 12.3. The first kappa shape index (κ1) is 18.7. The Balaban J connectivity index is 2.78. The fraction of sp³-hybridized carbons (Fsp3) is 0.684. The highest BCUT2D eigenvalue weighted by Crippen LogP contribution is 2.14. The first-order chi connectivity index (χ1) is 10.4. The molecule has 0 aliphatic carbocycles. The molecule has 0 N–H and O–H groups in total. The van der Waals surface area contributed by atoms with Crippen molar-refractivity contribution in [2.45, 2.75) is 59.8 Å². The zero-order valence-corrected chi connectivity index (χ0v) is 14.6. The highest BCUT2D eigenvalue weighted by molar-refractivity contribution is 6.20. The third-order valence-corrected chi connectivity index (χ3v) is 3.74. The minimum absolute atomic E-state index is 0.0241. The largest absolute Gasteiger partial charge is 0.377 e. The molecule has 1 fully saturated rings. The van der Waals surface area contributed by atoms with Crippen molar-refractivity contribution in [2.24, 2.45) is 11.8 Å². The predicted octanol–water partition coefficient (Wildman–Crippen LogP) is 4.14. The van der Waals surface area contributed by atoms with Gasteiger partial charge in [0, 0.05) is 25.9 Å². The van der Waals surface area contributed by atoms with Crippen LogP contribution in [-0.4, -0.2) is 29.6 Å². The quantitative estimate of drug-likeness (QED) is 0.293. The lowest BCUT2D eigenvalue weighted by atomic mass is 9.94. The van der Waals surface area contributed by atoms with E-state index >= 15 is 0 Å². The molecule has 124 valence electrons. The van der Waals surface area contributed by atoms with Crippen LogP contribution in [0, 0.1) is 11.8 Å². The molecule has 0 radical (unpaired) electrons. The molecule has 3 nitrogen and oxygen atoms in total. The molecule has 0 aromatic carbocycles. The number of Topliss-reactive ketones (excluding diaryl/α,β-unsaturated/α-hetero) is 2. The van der Waals surface area contributed by atoms with Gasteiger partial charge in [0.15, 0.2) is 11.6 Å². The van der Waals surface area contributed by atoms with Crippen molar-refractivity contribution in [1.82, 2.24) is 4.90 Å². The number of ketones is 2. The van der Waals surface area contributed by atoms with Crippen LogP contribution in [0.4, 0.5) is 0 Å². The van der Waals surface area contributed by atoms with Crippen molar-refractivity contribution in [3.63, 3.8) is 0 Å². The van der Waals surface area contributed by atoms with E-state index in [1.54, 1.807) is 6.08 Å². The highest BCUT2D eigenvalue weighted by Gasteiger charge is 2.19. The summed E-state index contributed by atoms with van der Waals surface area (Å²) < 4.78 is 0. The predicted molar refractivity (Wildman–Crippen MR) is 91.6 cm³/mol. The van der Waals surface area contributed by atoms with Gasteiger partial charge in [0.1, 0.15) is 0 Å². The SMILES string of the molecule is CC(C)CC(=O)C(=C/C=C/N1CCCCC1)C(=O)CC(C)C. The maximum atomic E-state index is 12.3. The number of carbonyl (C=O) groups is 2. The summed E-state index contributed by atoms with van der Waals surface area (Å²) in [5.41, 5.74) is 0.371. The molecule has 1 heterocycles. The fourth-order valence-electron chi connectivity index (χ4n) is 2.63. The van der Waals surface area contributed by atoms with Gasteiger partial charge in [-0.05, 0) is 49.5 Å². The zero-order chi connectivity index (χ0) is 16.5. The van der Waals surface area contributed by atoms with Crippen LogP contribution in [0.2, 0.25) is 0 Å². The topological polar surface area (TPSA) is 37.4 Å². The Labute approximate surface area is 135 Å². The second kappa shape index (κ2) is 9.60. The Kier molecular flexibility index (Phi) is 8.15. The van der Waals surface area contributed by atoms with Crippen LogP contribution in [0.1, 0.15) is 59.8 Å². The number of hydrogen-bond donors (Lipinski definition) is 0. The van der Waals surface area contributed by atoms with Gasteiger partial charge in [-0.3, -0.25) is 9.59 Å². The Morgan fingerprint density at radius 1 is 0.909 bits per heavy atom. The molecule has 1 aliphatic heterocycles. The van der Waals surface area contributed by atoms with Crippen molar-refractivity contribution >= 4 is 11.6 Å². The normalized spacial score (nSPS) is 15.6. The first-order valence-corrected chi connectivity index (χ1v) is 8.59. The van der Waals surface area contributed by atoms with Gasteiger partial charge in [-0.25, -0.2) is 0 Å². The third kappa shape index (κ3) is 7.06. The van der Waals surface area contributed by atoms with E-state index in [9.17, 15) is 9.59 Å². The first-order valence-electron chi connectivity index (χ1n) is 8.59. The van der Waals surface area contributed by atoms with E-state index in [-0.39, 0.29) is 23.4 Å². The lowest BCUT2D eigenvalue weighted by Gasteiger charge is -2.24. The van der Waals surface area contributed by atoms with Crippen molar-refractivity contribution in [1.29, 1.82) is 0 Å². The molecule has 1 saturated heterocycles. The number of nitrogens with zero attached hydrogens (tertiary/aromatic N) is 1. The molecule has 0 amide bonds. The molecule has 1 aliphatic rings. The number of hydrogen-bond acceptors (Lipinski definition) is 3. The van der Waals surface area contributed by atoms with Gasteiger partial charge in [0.2, 0.25) is 0 Å². The number of allylic oxidation sites excluding steroid dienone is 3. The molecular weight excluding hydrogens is 274 g/mol. The Bertz CT molecular complexity index is 403. The summed E-state index contributed by atoms with van der Waals surface area (Å²) in [7, 11) is 0. The van der Waals surface area contributed by atoms with Crippen molar-refractivity contribution in [3.05, 3.63) is 23.9 Å². The molecule has 0 spiro atoms. The van der Waals surface area contributed by atoms with E-state index in [0.29, 0.717) is 18.4 Å².